The summed E-state index contributed by atoms with van der Waals surface area (Å²) >= 11 is 0. The van der Waals surface area contributed by atoms with Gasteiger partial charge in [0, 0.05) is 51.9 Å². The van der Waals surface area contributed by atoms with E-state index in [0.29, 0.717) is 30.6 Å². The number of nitrogens with one attached hydrogen (secondary N) is 2. The third-order valence-corrected chi connectivity index (χ3v) is 8.98. The molecule has 4 rings (SSSR count). The van der Waals surface area contributed by atoms with Crippen LogP contribution < -0.4 is 10.6 Å². The van der Waals surface area contributed by atoms with Crippen LogP contribution in [0.1, 0.15) is 56.9 Å². The molecule has 2 heterocycles. The van der Waals surface area contributed by atoms with Gasteiger partial charge in [-0.2, -0.15) is 4.31 Å². The number of likely N-dealkylation sites (tertiary alicyclic amines) is 1. The predicted molar refractivity (Wildman–Crippen MR) is 125 cm³/mol. The molecule has 2 saturated heterocycles. The molecule has 0 aromatic heterocycles. The van der Waals surface area contributed by atoms with Crippen LogP contribution in [0.15, 0.2) is 34.2 Å². The molecule has 3 fully saturated rings. The minimum Gasteiger partial charge on any atom is -0.352 e. The normalized spacial score (nSPS) is 24.5. The monoisotopic (exact) mass is 447 g/mol. The molecule has 1 aliphatic carbocycles. The lowest BCUT2D eigenvalue weighted by Gasteiger charge is -2.27. The average molecular weight is 448 g/mol. The summed E-state index contributed by atoms with van der Waals surface area (Å²) in [6.45, 7) is 3.88. The molecular formula is C23H37N5O2S. The van der Waals surface area contributed by atoms with Crippen molar-refractivity contribution in [2.45, 2.75) is 74.9 Å². The molecule has 0 bridgehead atoms. The minimum atomic E-state index is -3.46. The zero-order chi connectivity index (χ0) is 21.7. The van der Waals surface area contributed by atoms with Gasteiger partial charge in [0.2, 0.25) is 10.0 Å². The van der Waals surface area contributed by atoms with E-state index in [1.54, 1.807) is 17.4 Å². The quantitative estimate of drug-likeness (QED) is 0.518. The molecule has 7 nitrogen and oxygen atoms in total. The smallest absolute Gasteiger partial charge is 0.243 e. The first-order chi connectivity index (χ1) is 15.1. The second kappa shape index (κ2) is 10.3. The van der Waals surface area contributed by atoms with Crippen molar-refractivity contribution in [2.75, 3.05) is 33.2 Å². The maximum atomic E-state index is 13.2. The maximum Gasteiger partial charge on any atom is 0.243 e. The van der Waals surface area contributed by atoms with E-state index >= 15 is 0 Å². The van der Waals surface area contributed by atoms with Crippen molar-refractivity contribution in [3.63, 3.8) is 0 Å². The Morgan fingerprint density at radius 2 is 1.77 bits per heavy atom. The van der Waals surface area contributed by atoms with Crippen molar-refractivity contribution in [2.24, 2.45) is 4.99 Å². The van der Waals surface area contributed by atoms with Crippen LogP contribution in [0, 0.1) is 0 Å². The van der Waals surface area contributed by atoms with Crippen LogP contribution in [-0.2, 0) is 16.6 Å². The van der Waals surface area contributed by atoms with Crippen molar-refractivity contribution in [3.8, 4) is 0 Å². The highest BCUT2D eigenvalue weighted by atomic mass is 32.2. The fourth-order valence-electron chi connectivity index (χ4n) is 5.22. The maximum absolute atomic E-state index is 13.2. The van der Waals surface area contributed by atoms with Gasteiger partial charge < -0.3 is 10.6 Å². The van der Waals surface area contributed by atoms with Gasteiger partial charge in [0.25, 0.3) is 0 Å². The summed E-state index contributed by atoms with van der Waals surface area (Å²) in [6, 6.07) is 8.48. The number of sulfonamides is 1. The molecule has 1 atom stereocenters. The molecular weight excluding hydrogens is 410 g/mol. The second-order valence-corrected chi connectivity index (χ2v) is 11.0. The van der Waals surface area contributed by atoms with Crippen molar-refractivity contribution < 1.29 is 8.42 Å². The van der Waals surface area contributed by atoms with Crippen LogP contribution in [0.5, 0.6) is 0 Å². The first-order valence-electron chi connectivity index (χ1n) is 11.9. The van der Waals surface area contributed by atoms with Crippen LogP contribution in [0.25, 0.3) is 0 Å². The van der Waals surface area contributed by atoms with Crippen molar-refractivity contribution >= 4 is 16.0 Å². The first-order valence-corrected chi connectivity index (χ1v) is 13.3. The summed E-state index contributed by atoms with van der Waals surface area (Å²) in [6.07, 6.45) is 9.51. The molecule has 1 unspecified atom stereocenters. The SMILES string of the molecule is CN=C(NCc1ccccc1S(=O)(=O)N1CCCCC1)NC1CCN(C2CCCC2)C1. The molecule has 1 saturated carbocycles. The third kappa shape index (κ3) is 5.41. The number of piperidine rings is 1. The minimum absolute atomic E-state index is 0.388. The van der Waals surface area contributed by atoms with Gasteiger partial charge in [0.1, 0.15) is 0 Å². The number of benzene rings is 1. The molecule has 8 heteroatoms. The fraction of sp³-hybridized carbons (Fsp3) is 0.696. The van der Waals surface area contributed by atoms with Crippen molar-refractivity contribution in [1.82, 2.24) is 19.8 Å². The summed E-state index contributed by atoms with van der Waals surface area (Å²) in [5.41, 5.74) is 0.787. The van der Waals surface area contributed by atoms with Crippen molar-refractivity contribution in [1.29, 1.82) is 0 Å². The zero-order valence-electron chi connectivity index (χ0n) is 18.7. The average Bonchev–Trinajstić information content (AvgIpc) is 3.49. The lowest BCUT2D eigenvalue weighted by Crippen LogP contribution is -2.45. The first kappa shape index (κ1) is 22.6. The summed E-state index contributed by atoms with van der Waals surface area (Å²) in [5.74, 6) is 0.739. The highest BCUT2D eigenvalue weighted by Gasteiger charge is 2.31. The van der Waals surface area contributed by atoms with Gasteiger partial charge in [0.15, 0.2) is 5.96 Å². The van der Waals surface area contributed by atoms with Gasteiger partial charge >= 0.3 is 0 Å². The van der Waals surface area contributed by atoms with Crippen LogP contribution in [0.2, 0.25) is 0 Å². The Morgan fingerprint density at radius 1 is 1.03 bits per heavy atom. The predicted octanol–water partition coefficient (Wildman–Crippen LogP) is 2.54. The molecule has 0 amide bonds. The van der Waals surface area contributed by atoms with Gasteiger partial charge in [-0.1, -0.05) is 37.5 Å². The lowest BCUT2D eigenvalue weighted by atomic mass is 10.2. The summed E-state index contributed by atoms with van der Waals surface area (Å²) in [7, 11) is -1.69. The third-order valence-electron chi connectivity index (χ3n) is 6.98. The van der Waals surface area contributed by atoms with E-state index in [9.17, 15) is 8.42 Å². The molecule has 2 aliphatic heterocycles. The Balaban J connectivity index is 1.36. The Morgan fingerprint density at radius 3 is 2.52 bits per heavy atom. The standard InChI is InChI=1S/C23H37N5O2S/c1-24-23(26-20-13-16-27(18-20)21-10-4-5-11-21)25-17-19-9-3-6-12-22(19)31(29,30)28-14-7-2-8-15-28/h3,6,9,12,20-21H,2,4-5,7-8,10-11,13-18H2,1H3,(H2,24,25,26). The number of rotatable bonds is 6. The van der Waals surface area contributed by atoms with E-state index in [2.05, 4.69) is 20.5 Å². The van der Waals surface area contributed by atoms with Crippen molar-refractivity contribution in [3.05, 3.63) is 29.8 Å². The molecule has 1 aromatic carbocycles. The molecule has 2 N–H and O–H groups in total. The van der Waals surface area contributed by atoms with E-state index in [-0.39, 0.29) is 0 Å². The Bertz CT molecular complexity index is 860. The summed E-state index contributed by atoms with van der Waals surface area (Å²) in [5, 5.41) is 6.90. The number of nitrogens with zero attached hydrogens (tertiary/aromatic N) is 3. The van der Waals surface area contributed by atoms with Gasteiger partial charge in [-0.3, -0.25) is 9.89 Å². The number of hydrogen-bond donors (Lipinski definition) is 2. The van der Waals surface area contributed by atoms with Crippen LogP contribution in [-0.4, -0.2) is 68.9 Å². The van der Waals surface area contributed by atoms with E-state index in [1.165, 1.54) is 25.7 Å². The lowest BCUT2D eigenvalue weighted by molar-refractivity contribution is 0.242. The Kier molecular flexibility index (Phi) is 7.51. The number of guanidine groups is 1. The van der Waals surface area contributed by atoms with Gasteiger partial charge in [-0.15, -0.1) is 0 Å². The van der Waals surface area contributed by atoms with Gasteiger partial charge in [0.05, 0.1) is 4.90 Å². The molecule has 1 aromatic rings. The van der Waals surface area contributed by atoms with E-state index in [0.717, 1.165) is 56.3 Å². The number of hydrogen-bond acceptors (Lipinski definition) is 4. The van der Waals surface area contributed by atoms with E-state index < -0.39 is 10.0 Å². The fourth-order valence-corrected chi connectivity index (χ4v) is 6.96. The van der Waals surface area contributed by atoms with E-state index in [1.807, 2.05) is 18.2 Å². The molecule has 0 spiro atoms. The van der Waals surface area contributed by atoms with Gasteiger partial charge in [-0.25, -0.2) is 8.42 Å². The highest BCUT2D eigenvalue weighted by Crippen LogP contribution is 2.27. The molecule has 172 valence electrons. The Labute approximate surface area is 187 Å². The molecule has 0 radical (unpaired) electrons. The number of aliphatic imine (C=N–C) groups is 1. The molecule has 31 heavy (non-hydrogen) atoms. The Hall–Kier alpha value is -1.64. The topological polar surface area (TPSA) is 77.0 Å². The van der Waals surface area contributed by atoms with Crippen LogP contribution in [0.4, 0.5) is 0 Å². The molecule has 3 aliphatic rings. The van der Waals surface area contributed by atoms with Crippen LogP contribution >= 0.6 is 0 Å². The largest absolute Gasteiger partial charge is 0.352 e. The summed E-state index contributed by atoms with van der Waals surface area (Å²) < 4.78 is 28.1. The zero-order valence-corrected chi connectivity index (χ0v) is 19.5. The highest BCUT2D eigenvalue weighted by molar-refractivity contribution is 7.89. The van der Waals surface area contributed by atoms with E-state index in [4.69, 9.17) is 0 Å². The van der Waals surface area contributed by atoms with Crippen LogP contribution in [0.3, 0.4) is 0 Å². The van der Waals surface area contributed by atoms with Gasteiger partial charge in [-0.05, 0) is 43.7 Å². The summed E-state index contributed by atoms with van der Waals surface area (Å²) in [4.78, 5) is 7.42. The second-order valence-electron chi connectivity index (χ2n) is 9.06.